The molecular formula is C13H15N3O2. The molecule has 0 unspecified atom stereocenters. The van der Waals surface area contributed by atoms with Crippen molar-refractivity contribution >= 4 is 5.91 Å². The standard InChI is InChI=1S/C13H15N3O2/c1-15-7-6-14-12(15)9-16(2)13(18)10-4-3-5-11(17)8-10/h3-8,17H,9H2,1-2H3. The summed E-state index contributed by atoms with van der Waals surface area (Å²) in [5, 5.41) is 9.36. The van der Waals surface area contributed by atoms with Crippen LogP contribution in [0.2, 0.25) is 0 Å². The highest BCUT2D eigenvalue weighted by Crippen LogP contribution is 2.13. The molecule has 1 aromatic carbocycles. The summed E-state index contributed by atoms with van der Waals surface area (Å²) in [5.41, 5.74) is 0.465. The molecule has 0 bridgehead atoms. The lowest BCUT2D eigenvalue weighted by atomic mass is 10.2. The van der Waals surface area contributed by atoms with Crippen LogP contribution in [0, 0.1) is 0 Å². The van der Waals surface area contributed by atoms with Crippen LogP contribution in [0.3, 0.4) is 0 Å². The first-order chi connectivity index (χ1) is 8.58. The number of phenolic OH excluding ortho intramolecular Hbond substituents is 1. The van der Waals surface area contributed by atoms with Gasteiger partial charge in [0.2, 0.25) is 0 Å². The molecule has 0 fully saturated rings. The summed E-state index contributed by atoms with van der Waals surface area (Å²) in [6, 6.07) is 6.32. The molecule has 0 saturated heterocycles. The van der Waals surface area contributed by atoms with E-state index in [1.807, 2.05) is 17.8 Å². The molecule has 1 heterocycles. The van der Waals surface area contributed by atoms with Crippen molar-refractivity contribution in [3.05, 3.63) is 48.0 Å². The molecule has 1 aromatic heterocycles. The summed E-state index contributed by atoms with van der Waals surface area (Å²) in [6.07, 6.45) is 3.53. The van der Waals surface area contributed by atoms with Crippen LogP contribution >= 0.6 is 0 Å². The zero-order valence-corrected chi connectivity index (χ0v) is 10.4. The lowest BCUT2D eigenvalue weighted by Crippen LogP contribution is -2.27. The molecular weight excluding hydrogens is 230 g/mol. The van der Waals surface area contributed by atoms with E-state index in [0.29, 0.717) is 12.1 Å². The summed E-state index contributed by atoms with van der Waals surface area (Å²) in [7, 11) is 3.59. The third-order valence-corrected chi connectivity index (χ3v) is 2.74. The number of phenols is 1. The normalized spacial score (nSPS) is 10.3. The van der Waals surface area contributed by atoms with Crippen molar-refractivity contribution in [2.45, 2.75) is 6.54 Å². The van der Waals surface area contributed by atoms with Crippen LogP contribution in [0.25, 0.3) is 0 Å². The molecule has 0 aliphatic rings. The monoisotopic (exact) mass is 245 g/mol. The first-order valence-corrected chi connectivity index (χ1v) is 5.58. The maximum absolute atomic E-state index is 12.1. The molecule has 0 aliphatic heterocycles. The topological polar surface area (TPSA) is 58.4 Å². The minimum absolute atomic E-state index is 0.0891. The first kappa shape index (κ1) is 12.2. The number of aromatic nitrogens is 2. The van der Waals surface area contributed by atoms with Crippen LogP contribution in [-0.4, -0.2) is 32.5 Å². The molecule has 94 valence electrons. The molecule has 0 radical (unpaired) electrons. The van der Waals surface area contributed by atoms with Crippen LogP contribution in [0.1, 0.15) is 16.2 Å². The van der Waals surface area contributed by atoms with E-state index >= 15 is 0 Å². The molecule has 2 aromatic rings. The number of hydrogen-bond donors (Lipinski definition) is 1. The molecule has 5 nitrogen and oxygen atoms in total. The van der Waals surface area contributed by atoms with Gasteiger partial charge in [0.1, 0.15) is 11.6 Å². The van der Waals surface area contributed by atoms with E-state index < -0.39 is 0 Å². The van der Waals surface area contributed by atoms with Crippen molar-refractivity contribution in [1.29, 1.82) is 0 Å². The number of hydrogen-bond acceptors (Lipinski definition) is 3. The highest BCUT2D eigenvalue weighted by Gasteiger charge is 2.14. The molecule has 2 rings (SSSR count). The smallest absolute Gasteiger partial charge is 0.254 e. The van der Waals surface area contributed by atoms with E-state index in [2.05, 4.69) is 4.98 Å². The Labute approximate surface area is 105 Å². The second-order valence-electron chi connectivity index (χ2n) is 4.17. The van der Waals surface area contributed by atoms with Gasteiger partial charge in [0.05, 0.1) is 6.54 Å². The minimum Gasteiger partial charge on any atom is -0.508 e. The van der Waals surface area contributed by atoms with Crippen LogP contribution in [0.4, 0.5) is 0 Å². The Morgan fingerprint density at radius 1 is 1.50 bits per heavy atom. The third kappa shape index (κ3) is 2.51. The van der Waals surface area contributed by atoms with Gasteiger partial charge in [-0.1, -0.05) is 6.07 Å². The zero-order valence-electron chi connectivity index (χ0n) is 10.4. The number of nitrogens with zero attached hydrogens (tertiary/aromatic N) is 3. The quantitative estimate of drug-likeness (QED) is 0.889. The lowest BCUT2D eigenvalue weighted by Gasteiger charge is -2.17. The number of aryl methyl sites for hydroxylation is 1. The number of carbonyl (C=O) groups excluding carboxylic acids is 1. The summed E-state index contributed by atoms with van der Waals surface area (Å²) < 4.78 is 1.87. The Bertz CT molecular complexity index is 563. The van der Waals surface area contributed by atoms with Gasteiger partial charge in [-0.25, -0.2) is 4.98 Å². The van der Waals surface area contributed by atoms with Gasteiger partial charge in [0.25, 0.3) is 5.91 Å². The Balaban J connectivity index is 2.12. The number of amides is 1. The Morgan fingerprint density at radius 3 is 2.89 bits per heavy atom. The number of carbonyl (C=O) groups is 1. The first-order valence-electron chi connectivity index (χ1n) is 5.58. The van der Waals surface area contributed by atoms with Gasteiger partial charge in [0, 0.05) is 32.1 Å². The summed E-state index contributed by atoms with van der Waals surface area (Å²) in [5.74, 6) is 0.756. The van der Waals surface area contributed by atoms with Crippen molar-refractivity contribution in [1.82, 2.24) is 14.5 Å². The zero-order chi connectivity index (χ0) is 13.1. The van der Waals surface area contributed by atoms with Gasteiger partial charge in [-0.2, -0.15) is 0 Å². The maximum atomic E-state index is 12.1. The summed E-state index contributed by atoms with van der Waals surface area (Å²) in [4.78, 5) is 17.8. The molecule has 1 amide bonds. The average molecular weight is 245 g/mol. The van der Waals surface area contributed by atoms with E-state index in [1.54, 1.807) is 30.3 Å². The van der Waals surface area contributed by atoms with Crippen molar-refractivity contribution in [2.75, 3.05) is 7.05 Å². The fraction of sp³-hybridized carbons (Fsp3) is 0.231. The second-order valence-corrected chi connectivity index (χ2v) is 4.17. The van der Waals surface area contributed by atoms with Crippen molar-refractivity contribution in [3.63, 3.8) is 0 Å². The largest absolute Gasteiger partial charge is 0.508 e. The number of imidazole rings is 1. The van der Waals surface area contributed by atoms with Gasteiger partial charge in [-0.05, 0) is 18.2 Å². The molecule has 0 spiro atoms. The number of rotatable bonds is 3. The Hall–Kier alpha value is -2.30. The fourth-order valence-electron chi connectivity index (χ4n) is 1.69. The molecule has 0 atom stereocenters. The van der Waals surface area contributed by atoms with Gasteiger partial charge in [-0.3, -0.25) is 4.79 Å². The van der Waals surface area contributed by atoms with Gasteiger partial charge >= 0.3 is 0 Å². The van der Waals surface area contributed by atoms with E-state index in [9.17, 15) is 9.90 Å². The number of benzene rings is 1. The van der Waals surface area contributed by atoms with E-state index in [0.717, 1.165) is 5.82 Å². The maximum Gasteiger partial charge on any atom is 0.254 e. The molecule has 0 aliphatic carbocycles. The predicted octanol–water partition coefficient (Wildman–Crippen LogP) is 1.40. The highest BCUT2D eigenvalue weighted by molar-refractivity contribution is 5.94. The highest BCUT2D eigenvalue weighted by atomic mass is 16.3. The van der Waals surface area contributed by atoms with Crippen molar-refractivity contribution in [3.8, 4) is 5.75 Å². The fourth-order valence-corrected chi connectivity index (χ4v) is 1.69. The van der Waals surface area contributed by atoms with Gasteiger partial charge < -0.3 is 14.6 Å². The summed E-state index contributed by atoms with van der Waals surface area (Å²) in [6.45, 7) is 0.429. The number of aromatic hydroxyl groups is 1. The van der Waals surface area contributed by atoms with Crippen molar-refractivity contribution in [2.24, 2.45) is 7.05 Å². The Morgan fingerprint density at radius 2 is 2.28 bits per heavy atom. The minimum atomic E-state index is -0.145. The summed E-state index contributed by atoms with van der Waals surface area (Å²) >= 11 is 0. The second kappa shape index (κ2) is 4.91. The SMILES string of the molecule is CN(Cc1nccn1C)C(=O)c1cccc(O)c1. The van der Waals surface area contributed by atoms with E-state index in [4.69, 9.17) is 0 Å². The van der Waals surface area contributed by atoms with Crippen LogP contribution in [0.5, 0.6) is 5.75 Å². The third-order valence-electron chi connectivity index (χ3n) is 2.74. The molecule has 1 N–H and O–H groups in total. The van der Waals surface area contributed by atoms with Crippen LogP contribution < -0.4 is 0 Å². The van der Waals surface area contributed by atoms with E-state index in [1.165, 1.54) is 12.1 Å². The van der Waals surface area contributed by atoms with Crippen molar-refractivity contribution < 1.29 is 9.90 Å². The molecule has 18 heavy (non-hydrogen) atoms. The van der Waals surface area contributed by atoms with E-state index in [-0.39, 0.29) is 11.7 Å². The van der Waals surface area contributed by atoms with Crippen LogP contribution in [0.15, 0.2) is 36.7 Å². The molecule has 0 saturated carbocycles. The average Bonchev–Trinajstić information content (AvgIpc) is 2.74. The van der Waals surface area contributed by atoms with Crippen LogP contribution in [-0.2, 0) is 13.6 Å². The predicted molar refractivity (Wildman–Crippen MR) is 67.1 cm³/mol. The van der Waals surface area contributed by atoms with Gasteiger partial charge in [0.15, 0.2) is 0 Å². The Kier molecular flexibility index (Phi) is 3.32. The molecule has 5 heteroatoms. The van der Waals surface area contributed by atoms with Gasteiger partial charge in [-0.15, -0.1) is 0 Å². The lowest BCUT2D eigenvalue weighted by molar-refractivity contribution is 0.0780.